The van der Waals surface area contributed by atoms with Crippen LogP contribution in [0.3, 0.4) is 0 Å². The van der Waals surface area contributed by atoms with Crippen molar-refractivity contribution in [3.05, 3.63) is 81.5 Å². The van der Waals surface area contributed by atoms with Crippen molar-refractivity contribution >= 4 is 28.8 Å². The molecule has 0 spiro atoms. The van der Waals surface area contributed by atoms with Crippen molar-refractivity contribution in [3.8, 4) is 5.75 Å². The number of ether oxygens (including phenoxy) is 1. The molecule has 6 heteroatoms. The third-order valence-corrected chi connectivity index (χ3v) is 5.72. The number of aryl methyl sites for hydroxylation is 1. The number of hydrogen-bond donors (Lipinski definition) is 1. The van der Waals surface area contributed by atoms with Crippen molar-refractivity contribution in [2.45, 2.75) is 13.0 Å². The maximum atomic E-state index is 13.5. The van der Waals surface area contributed by atoms with E-state index in [1.807, 2.05) is 42.6 Å². The molecule has 1 atom stereocenters. The summed E-state index contributed by atoms with van der Waals surface area (Å²) in [5.41, 5.74) is 3.23. The summed E-state index contributed by atoms with van der Waals surface area (Å²) in [7, 11) is 1.57. The zero-order valence-electron chi connectivity index (χ0n) is 15.6. The van der Waals surface area contributed by atoms with Gasteiger partial charge in [-0.2, -0.15) is 0 Å². The molecule has 1 unspecified atom stereocenters. The maximum Gasteiger partial charge on any atom is 0.255 e. The number of rotatable bonds is 3. The largest absolute Gasteiger partial charge is 0.497 e. The lowest BCUT2D eigenvalue weighted by Crippen LogP contribution is -2.38. The van der Waals surface area contributed by atoms with Crippen LogP contribution in [0.2, 0.25) is 0 Å². The van der Waals surface area contributed by atoms with E-state index in [-0.39, 0.29) is 24.4 Å². The van der Waals surface area contributed by atoms with E-state index in [0.717, 1.165) is 21.7 Å². The quantitative estimate of drug-likeness (QED) is 0.725. The first-order chi connectivity index (χ1) is 13.6. The van der Waals surface area contributed by atoms with Crippen LogP contribution in [0.15, 0.2) is 60.0 Å². The van der Waals surface area contributed by atoms with Gasteiger partial charge in [0.15, 0.2) is 0 Å². The van der Waals surface area contributed by atoms with Crippen LogP contribution in [-0.4, -0.2) is 30.4 Å². The summed E-state index contributed by atoms with van der Waals surface area (Å²) in [6.07, 6.45) is 0. The Labute approximate surface area is 167 Å². The van der Waals surface area contributed by atoms with Gasteiger partial charge in [-0.1, -0.05) is 29.8 Å². The van der Waals surface area contributed by atoms with E-state index in [2.05, 4.69) is 5.32 Å². The number of fused-ring (bicyclic) bond motifs is 1. The van der Waals surface area contributed by atoms with E-state index in [1.165, 1.54) is 0 Å². The van der Waals surface area contributed by atoms with Gasteiger partial charge in [-0.25, -0.2) is 0 Å². The molecule has 2 aromatic carbocycles. The highest BCUT2D eigenvalue weighted by Crippen LogP contribution is 2.39. The molecule has 2 heterocycles. The standard InChI is InChI=1S/C22H20N2O3S/c1-14-8-9-18-17(11-14)21(19-7-4-10-28-19)24(13-20(25)23-18)22(26)15-5-3-6-16(12-15)27-2/h3-12,21H,13H2,1-2H3,(H,23,25). The van der Waals surface area contributed by atoms with Gasteiger partial charge in [0.1, 0.15) is 12.3 Å². The monoisotopic (exact) mass is 392 g/mol. The van der Waals surface area contributed by atoms with E-state index in [0.29, 0.717) is 11.3 Å². The zero-order valence-corrected chi connectivity index (χ0v) is 16.5. The average Bonchev–Trinajstić information content (AvgIpc) is 3.18. The van der Waals surface area contributed by atoms with Crippen molar-refractivity contribution < 1.29 is 14.3 Å². The molecule has 5 nitrogen and oxygen atoms in total. The average molecular weight is 392 g/mol. The number of methoxy groups -OCH3 is 1. The van der Waals surface area contributed by atoms with Crippen molar-refractivity contribution in [1.29, 1.82) is 0 Å². The summed E-state index contributed by atoms with van der Waals surface area (Å²) in [6.45, 7) is 1.99. The number of benzene rings is 2. The van der Waals surface area contributed by atoms with Crippen LogP contribution in [0.4, 0.5) is 5.69 Å². The lowest BCUT2D eigenvalue weighted by atomic mass is 9.99. The molecular weight excluding hydrogens is 372 g/mol. The Morgan fingerprint density at radius 3 is 2.79 bits per heavy atom. The number of carbonyl (C=O) groups excluding carboxylic acids is 2. The molecule has 0 saturated heterocycles. The lowest BCUT2D eigenvalue weighted by Gasteiger charge is -2.29. The van der Waals surface area contributed by atoms with E-state index < -0.39 is 0 Å². The summed E-state index contributed by atoms with van der Waals surface area (Å²) in [6, 6.07) is 16.6. The van der Waals surface area contributed by atoms with Crippen molar-refractivity contribution in [2.24, 2.45) is 0 Å². The van der Waals surface area contributed by atoms with Crippen LogP contribution >= 0.6 is 11.3 Å². The smallest absolute Gasteiger partial charge is 0.255 e. The molecule has 0 aliphatic carbocycles. The van der Waals surface area contributed by atoms with Gasteiger partial charge in [-0.15, -0.1) is 11.3 Å². The fraction of sp³-hybridized carbons (Fsp3) is 0.182. The summed E-state index contributed by atoms with van der Waals surface area (Å²) < 4.78 is 5.26. The molecule has 0 radical (unpaired) electrons. The predicted octanol–water partition coefficient (Wildman–Crippen LogP) is 4.25. The van der Waals surface area contributed by atoms with Gasteiger partial charge in [-0.3, -0.25) is 9.59 Å². The number of nitrogens with one attached hydrogen (secondary N) is 1. The Hall–Kier alpha value is -3.12. The highest BCUT2D eigenvalue weighted by molar-refractivity contribution is 7.10. The summed E-state index contributed by atoms with van der Waals surface area (Å²) in [4.78, 5) is 28.7. The highest BCUT2D eigenvalue weighted by atomic mass is 32.1. The predicted molar refractivity (Wildman–Crippen MR) is 110 cm³/mol. The topological polar surface area (TPSA) is 58.6 Å². The third kappa shape index (κ3) is 3.39. The van der Waals surface area contributed by atoms with Crippen LogP contribution in [-0.2, 0) is 4.79 Å². The fourth-order valence-corrected chi connectivity index (χ4v) is 4.35. The number of carbonyl (C=O) groups is 2. The SMILES string of the molecule is COc1cccc(C(=O)N2CC(=O)Nc3ccc(C)cc3C2c2cccs2)c1. The fourth-order valence-electron chi connectivity index (χ4n) is 3.49. The van der Waals surface area contributed by atoms with E-state index >= 15 is 0 Å². The molecule has 1 aromatic heterocycles. The Balaban J connectivity index is 1.86. The van der Waals surface area contributed by atoms with Crippen LogP contribution in [0.25, 0.3) is 0 Å². The third-order valence-electron chi connectivity index (χ3n) is 4.79. The first-order valence-electron chi connectivity index (χ1n) is 8.95. The number of amides is 2. The summed E-state index contributed by atoms with van der Waals surface area (Å²) >= 11 is 1.58. The lowest BCUT2D eigenvalue weighted by molar-refractivity contribution is -0.117. The van der Waals surface area contributed by atoms with E-state index in [1.54, 1.807) is 47.6 Å². The highest BCUT2D eigenvalue weighted by Gasteiger charge is 2.34. The second-order valence-corrected chi connectivity index (χ2v) is 7.70. The van der Waals surface area contributed by atoms with Crippen molar-refractivity contribution in [2.75, 3.05) is 19.0 Å². The molecule has 4 rings (SSSR count). The van der Waals surface area contributed by atoms with Crippen LogP contribution < -0.4 is 10.1 Å². The Kier molecular flexibility index (Phi) is 4.88. The molecule has 0 saturated carbocycles. The Bertz CT molecular complexity index is 1030. The second-order valence-electron chi connectivity index (χ2n) is 6.72. The molecule has 2 amide bonds. The minimum atomic E-state index is -0.340. The summed E-state index contributed by atoms with van der Waals surface area (Å²) in [5, 5.41) is 4.93. The Morgan fingerprint density at radius 2 is 2.04 bits per heavy atom. The van der Waals surface area contributed by atoms with Gasteiger partial charge >= 0.3 is 0 Å². The molecule has 1 aliphatic heterocycles. The molecule has 1 aliphatic rings. The molecule has 142 valence electrons. The van der Waals surface area contributed by atoms with Gasteiger partial charge in [0.05, 0.1) is 13.2 Å². The van der Waals surface area contributed by atoms with E-state index in [4.69, 9.17) is 4.74 Å². The molecule has 3 aromatic rings. The van der Waals surface area contributed by atoms with E-state index in [9.17, 15) is 9.59 Å². The minimum absolute atomic E-state index is 0.0215. The Morgan fingerprint density at radius 1 is 1.18 bits per heavy atom. The molecule has 28 heavy (non-hydrogen) atoms. The first-order valence-corrected chi connectivity index (χ1v) is 9.83. The van der Waals surface area contributed by atoms with Crippen LogP contribution in [0.1, 0.15) is 32.4 Å². The number of thiophene rings is 1. The minimum Gasteiger partial charge on any atom is -0.497 e. The first kappa shape index (κ1) is 18.3. The molecular formula is C22H20N2O3S. The van der Waals surface area contributed by atoms with Gasteiger partial charge in [0.2, 0.25) is 5.91 Å². The number of anilines is 1. The maximum absolute atomic E-state index is 13.5. The molecule has 0 bridgehead atoms. The second kappa shape index (κ2) is 7.48. The van der Waals surface area contributed by atoms with Gasteiger partial charge in [0, 0.05) is 21.7 Å². The van der Waals surface area contributed by atoms with Crippen molar-refractivity contribution in [1.82, 2.24) is 4.90 Å². The normalized spacial score (nSPS) is 16.1. The number of hydrogen-bond acceptors (Lipinski definition) is 4. The van der Waals surface area contributed by atoms with Crippen LogP contribution in [0, 0.1) is 6.92 Å². The zero-order chi connectivity index (χ0) is 19.7. The van der Waals surface area contributed by atoms with Gasteiger partial charge in [-0.05, 0) is 42.6 Å². The van der Waals surface area contributed by atoms with Gasteiger partial charge in [0.25, 0.3) is 5.91 Å². The summed E-state index contributed by atoms with van der Waals surface area (Å²) in [5.74, 6) is 0.191. The molecule has 1 N–H and O–H groups in total. The van der Waals surface area contributed by atoms with Gasteiger partial charge < -0.3 is 15.0 Å². The van der Waals surface area contributed by atoms with Crippen molar-refractivity contribution in [3.63, 3.8) is 0 Å². The molecule has 0 fully saturated rings. The number of nitrogens with zero attached hydrogens (tertiary/aromatic N) is 1. The van der Waals surface area contributed by atoms with Crippen LogP contribution in [0.5, 0.6) is 5.75 Å².